The van der Waals surface area contributed by atoms with Crippen LogP contribution in [0.4, 0.5) is 5.69 Å². The zero-order valence-corrected chi connectivity index (χ0v) is 23.0. The lowest BCUT2D eigenvalue weighted by Crippen LogP contribution is -2.49. The van der Waals surface area contributed by atoms with Gasteiger partial charge in [0.2, 0.25) is 0 Å². The van der Waals surface area contributed by atoms with Crippen LogP contribution < -0.4 is 10.6 Å². The van der Waals surface area contributed by atoms with Crippen LogP contribution in [0.3, 0.4) is 0 Å². The molecule has 0 aliphatic carbocycles. The number of aromatic nitrogens is 1. The topological polar surface area (TPSA) is 83.6 Å². The largest absolute Gasteiger partial charge is 0.464 e. The van der Waals surface area contributed by atoms with Crippen molar-refractivity contribution in [3.05, 3.63) is 70.2 Å². The van der Waals surface area contributed by atoms with Gasteiger partial charge in [0.05, 0.1) is 11.6 Å². The summed E-state index contributed by atoms with van der Waals surface area (Å²) in [6.07, 6.45) is 1.75. The second-order valence-corrected chi connectivity index (χ2v) is 10.4. The van der Waals surface area contributed by atoms with Crippen LogP contribution in [-0.4, -0.2) is 52.6 Å². The molecule has 1 atom stereocenters. The zero-order valence-electron chi connectivity index (χ0n) is 21.3. The summed E-state index contributed by atoms with van der Waals surface area (Å²) in [4.78, 5) is 31.7. The Kier molecular flexibility index (Phi) is 8.89. The maximum atomic E-state index is 13.1. The van der Waals surface area contributed by atoms with Crippen LogP contribution in [0.5, 0.6) is 0 Å². The lowest BCUT2D eigenvalue weighted by molar-refractivity contribution is -0.144. The average Bonchev–Trinajstić information content (AvgIpc) is 3.41. The Bertz CT molecular complexity index is 1250. The van der Waals surface area contributed by atoms with E-state index in [2.05, 4.69) is 21.6 Å². The van der Waals surface area contributed by atoms with E-state index in [1.165, 1.54) is 11.3 Å². The second kappa shape index (κ2) is 12.3. The van der Waals surface area contributed by atoms with Crippen LogP contribution >= 0.6 is 23.6 Å². The van der Waals surface area contributed by atoms with Gasteiger partial charge in [0.1, 0.15) is 11.7 Å². The maximum Gasteiger partial charge on any atom is 0.328 e. The molecular formula is C28H32N4O3S2. The highest BCUT2D eigenvalue weighted by Crippen LogP contribution is 2.32. The Morgan fingerprint density at radius 1 is 1.19 bits per heavy atom. The van der Waals surface area contributed by atoms with Crippen molar-refractivity contribution >= 4 is 46.2 Å². The fourth-order valence-corrected chi connectivity index (χ4v) is 5.65. The monoisotopic (exact) mass is 536 g/mol. The van der Waals surface area contributed by atoms with Gasteiger partial charge in [-0.2, -0.15) is 0 Å². The lowest BCUT2D eigenvalue weighted by Gasteiger charge is -2.33. The molecule has 2 N–H and O–H groups in total. The van der Waals surface area contributed by atoms with E-state index in [-0.39, 0.29) is 17.8 Å². The molecule has 9 heteroatoms. The van der Waals surface area contributed by atoms with Gasteiger partial charge in [-0.3, -0.25) is 4.79 Å². The van der Waals surface area contributed by atoms with Gasteiger partial charge in [0.15, 0.2) is 5.11 Å². The highest BCUT2D eigenvalue weighted by molar-refractivity contribution is 7.80. The number of ether oxygens (including phenoxy) is 1. The number of likely N-dealkylation sites (tertiary alicyclic amines) is 1. The van der Waals surface area contributed by atoms with Gasteiger partial charge in [-0.1, -0.05) is 42.0 Å². The smallest absolute Gasteiger partial charge is 0.328 e. The fourth-order valence-electron chi connectivity index (χ4n) is 4.32. The summed E-state index contributed by atoms with van der Waals surface area (Å²) < 4.78 is 5.04. The van der Waals surface area contributed by atoms with Crippen molar-refractivity contribution in [2.24, 2.45) is 0 Å². The molecule has 1 aromatic heterocycles. The van der Waals surface area contributed by atoms with E-state index in [4.69, 9.17) is 21.9 Å². The maximum absolute atomic E-state index is 13.1. The van der Waals surface area contributed by atoms with Crippen LogP contribution in [-0.2, 0) is 9.53 Å². The molecule has 37 heavy (non-hydrogen) atoms. The number of thiocarbonyl (C=S) groups is 1. The Morgan fingerprint density at radius 2 is 1.92 bits per heavy atom. The van der Waals surface area contributed by atoms with Crippen molar-refractivity contribution in [3.8, 4) is 11.1 Å². The van der Waals surface area contributed by atoms with Crippen molar-refractivity contribution in [1.29, 1.82) is 0 Å². The zero-order chi connectivity index (χ0) is 26.4. The first-order valence-electron chi connectivity index (χ1n) is 12.5. The molecule has 1 amide bonds. The Balaban J connectivity index is 1.36. The first kappa shape index (κ1) is 26.8. The van der Waals surface area contributed by atoms with Crippen molar-refractivity contribution in [2.45, 2.75) is 45.6 Å². The van der Waals surface area contributed by atoms with E-state index in [0.29, 0.717) is 17.4 Å². The number of hydrogen-bond acceptors (Lipinski definition) is 6. The molecule has 0 saturated carbocycles. The number of aryl methyl sites for hydroxylation is 1. The van der Waals surface area contributed by atoms with E-state index in [0.717, 1.165) is 53.3 Å². The summed E-state index contributed by atoms with van der Waals surface area (Å²) in [5.41, 5.74) is 4.37. The lowest BCUT2D eigenvalue weighted by atomic mass is 9.98. The summed E-state index contributed by atoms with van der Waals surface area (Å²) >= 11 is 7.03. The van der Waals surface area contributed by atoms with Crippen molar-refractivity contribution < 1.29 is 14.3 Å². The number of rotatable bonds is 7. The number of anilines is 1. The summed E-state index contributed by atoms with van der Waals surface area (Å²) in [6, 6.07) is 15.6. The van der Waals surface area contributed by atoms with Crippen LogP contribution in [0.25, 0.3) is 11.1 Å². The minimum absolute atomic E-state index is 0.209. The van der Waals surface area contributed by atoms with E-state index >= 15 is 0 Å². The number of carbonyl (C=O) groups excluding carboxylic acids is 2. The number of hydrogen-bond donors (Lipinski definition) is 2. The highest BCUT2D eigenvalue weighted by atomic mass is 32.1. The Morgan fingerprint density at radius 3 is 2.62 bits per heavy atom. The van der Waals surface area contributed by atoms with E-state index in [1.54, 1.807) is 13.8 Å². The molecule has 0 bridgehead atoms. The molecular weight excluding hydrogens is 504 g/mol. The Hall–Kier alpha value is -3.30. The second-order valence-electron chi connectivity index (χ2n) is 9.12. The molecule has 0 spiro atoms. The van der Waals surface area contributed by atoms with E-state index in [9.17, 15) is 9.59 Å². The van der Waals surface area contributed by atoms with Gasteiger partial charge in [-0.25, -0.2) is 9.78 Å². The van der Waals surface area contributed by atoms with Crippen molar-refractivity contribution in [3.63, 3.8) is 0 Å². The molecule has 7 nitrogen and oxygen atoms in total. The first-order chi connectivity index (χ1) is 17.9. The number of amides is 1. The molecule has 1 saturated heterocycles. The number of nitrogens with one attached hydrogen (secondary N) is 2. The van der Waals surface area contributed by atoms with Gasteiger partial charge in [-0.15, -0.1) is 11.3 Å². The molecule has 2 aromatic carbocycles. The number of piperidine rings is 1. The van der Waals surface area contributed by atoms with E-state index < -0.39 is 6.04 Å². The molecule has 3 aromatic rings. The molecule has 4 rings (SSSR count). The quantitative estimate of drug-likeness (QED) is 0.310. The van der Waals surface area contributed by atoms with Crippen molar-refractivity contribution in [2.75, 3.05) is 25.0 Å². The third-order valence-electron chi connectivity index (χ3n) is 6.37. The molecule has 194 valence electrons. The number of thiazole rings is 1. The SMILES string of the molecule is CCOC(=O)C(C)NC(=S)N1CCC(c2nc(C(=O)Nc3ccc(C)cc3-c3ccccc3)cs2)CC1. The average molecular weight is 537 g/mol. The van der Waals surface area contributed by atoms with Gasteiger partial charge in [0.25, 0.3) is 5.91 Å². The Labute approximate surface area is 227 Å². The standard InChI is InChI=1S/C28H32N4O3S2/c1-4-35-27(34)19(3)29-28(36)32-14-12-21(13-15-32)26-31-24(17-37-26)25(33)30-23-11-10-18(2)16-22(23)20-8-6-5-7-9-20/h5-11,16-17,19,21H,4,12-15H2,1-3H3,(H,29,36)(H,30,33). The minimum Gasteiger partial charge on any atom is -0.464 e. The van der Waals surface area contributed by atoms with Crippen LogP contribution in [0, 0.1) is 6.92 Å². The molecule has 0 radical (unpaired) electrons. The third kappa shape index (κ3) is 6.72. The van der Waals surface area contributed by atoms with Gasteiger partial charge >= 0.3 is 5.97 Å². The summed E-state index contributed by atoms with van der Waals surface area (Å²) in [5.74, 6) is -0.249. The van der Waals surface area contributed by atoms with Crippen LogP contribution in [0.2, 0.25) is 0 Å². The van der Waals surface area contributed by atoms with Crippen molar-refractivity contribution in [1.82, 2.24) is 15.2 Å². The number of nitrogens with zero attached hydrogens (tertiary/aromatic N) is 2. The third-order valence-corrected chi connectivity index (χ3v) is 7.76. The predicted molar refractivity (Wildman–Crippen MR) is 152 cm³/mol. The van der Waals surface area contributed by atoms with Gasteiger partial charge < -0.3 is 20.3 Å². The minimum atomic E-state index is -0.485. The van der Waals surface area contributed by atoms with Crippen LogP contribution in [0.15, 0.2) is 53.9 Å². The highest BCUT2D eigenvalue weighted by Gasteiger charge is 2.26. The van der Waals surface area contributed by atoms with Gasteiger partial charge in [-0.05, 0) is 63.5 Å². The number of carbonyl (C=O) groups is 2. The molecule has 1 unspecified atom stereocenters. The molecule has 1 fully saturated rings. The summed E-state index contributed by atoms with van der Waals surface area (Å²) in [7, 11) is 0. The molecule has 1 aliphatic heterocycles. The fraction of sp³-hybridized carbons (Fsp3) is 0.357. The first-order valence-corrected chi connectivity index (χ1v) is 13.8. The molecule has 1 aliphatic rings. The summed E-state index contributed by atoms with van der Waals surface area (Å²) in [6.45, 7) is 7.44. The van der Waals surface area contributed by atoms with Crippen LogP contribution in [0.1, 0.15) is 53.7 Å². The number of benzene rings is 2. The summed E-state index contributed by atoms with van der Waals surface area (Å²) in [5, 5.41) is 9.49. The van der Waals surface area contributed by atoms with Gasteiger partial charge in [0, 0.05) is 35.6 Å². The number of esters is 1. The van der Waals surface area contributed by atoms with E-state index in [1.807, 2.05) is 54.8 Å². The predicted octanol–water partition coefficient (Wildman–Crippen LogP) is 5.38. The molecule has 2 heterocycles. The normalized spacial score (nSPS) is 14.6.